The van der Waals surface area contributed by atoms with Gasteiger partial charge in [0.25, 0.3) is 0 Å². The Hall–Kier alpha value is -0.180. The first-order chi connectivity index (χ1) is 7.58. The van der Waals surface area contributed by atoms with E-state index in [2.05, 4.69) is 38.2 Å². The molecule has 0 aliphatic heterocycles. The van der Waals surface area contributed by atoms with Crippen molar-refractivity contribution in [2.24, 2.45) is 5.92 Å². The van der Waals surface area contributed by atoms with Gasteiger partial charge < -0.3 is 5.32 Å². The van der Waals surface area contributed by atoms with Gasteiger partial charge in [-0.2, -0.15) is 0 Å². The summed E-state index contributed by atoms with van der Waals surface area (Å²) in [6, 6.07) is 8.04. The van der Waals surface area contributed by atoms with Gasteiger partial charge in [0.1, 0.15) is 0 Å². The molecule has 1 atom stereocenters. The van der Waals surface area contributed by atoms with Crippen LogP contribution in [0.15, 0.2) is 29.2 Å². The summed E-state index contributed by atoms with van der Waals surface area (Å²) in [6.07, 6.45) is 0. The maximum Gasteiger partial charge on any atom is 0.0406 e. The molecule has 0 aliphatic rings. The van der Waals surface area contributed by atoms with E-state index in [1.807, 2.05) is 23.9 Å². The molecule has 0 fully saturated rings. The van der Waals surface area contributed by atoms with E-state index in [1.165, 1.54) is 4.90 Å². The number of nitrogens with one attached hydrogen (secondary N) is 1. The molecule has 1 N–H and O–H groups in total. The molecule has 16 heavy (non-hydrogen) atoms. The molecule has 1 aromatic rings. The fourth-order valence-electron chi connectivity index (χ4n) is 1.36. The smallest absolute Gasteiger partial charge is 0.0406 e. The molecule has 0 aromatic heterocycles. The number of rotatable bonds is 6. The maximum atomic E-state index is 5.85. The minimum absolute atomic E-state index is 0.583. The first-order valence-electron chi connectivity index (χ1n) is 5.71. The van der Waals surface area contributed by atoms with Crippen molar-refractivity contribution in [3.8, 4) is 0 Å². The molecule has 1 unspecified atom stereocenters. The van der Waals surface area contributed by atoms with Gasteiger partial charge in [-0.25, -0.2) is 0 Å². The minimum Gasteiger partial charge on any atom is -0.315 e. The van der Waals surface area contributed by atoms with Crippen molar-refractivity contribution in [3.05, 3.63) is 29.3 Å². The first-order valence-corrected chi connectivity index (χ1v) is 6.96. The number of halogens is 1. The molecular weight excluding hydrogens is 238 g/mol. The van der Waals surface area contributed by atoms with Gasteiger partial charge in [0.2, 0.25) is 0 Å². The lowest BCUT2D eigenvalue weighted by atomic mass is 10.2. The van der Waals surface area contributed by atoms with E-state index in [1.54, 1.807) is 0 Å². The second-order valence-electron chi connectivity index (χ2n) is 4.43. The third kappa shape index (κ3) is 5.78. The van der Waals surface area contributed by atoms with Crippen LogP contribution in [-0.4, -0.2) is 18.3 Å². The highest BCUT2D eigenvalue weighted by Crippen LogP contribution is 2.24. The average molecular weight is 258 g/mol. The number of hydrogen-bond donors (Lipinski definition) is 1. The fraction of sp³-hybridized carbons (Fsp3) is 0.538. The van der Waals surface area contributed by atoms with E-state index in [-0.39, 0.29) is 0 Å². The molecular formula is C13H20ClNS. The largest absolute Gasteiger partial charge is 0.315 e. The zero-order valence-corrected chi connectivity index (χ0v) is 11.7. The van der Waals surface area contributed by atoms with Crippen LogP contribution in [0.25, 0.3) is 0 Å². The van der Waals surface area contributed by atoms with E-state index >= 15 is 0 Å². The third-order valence-electron chi connectivity index (χ3n) is 2.14. The lowest BCUT2D eigenvalue weighted by Crippen LogP contribution is -2.26. The molecule has 0 saturated carbocycles. The molecule has 1 rings (SSSR count). The van der Waals surface area contributed by atoms with Crippen molar-refractivity contribution in [2.45, 2.75) is 30.9 Å². The highest BCUT2D eigenvalue weighted by Gasteiger charge is 2.04. The molecule has 1 nitrogen and oxygen atoms in total. The van der Waals surface area contributed by atoms with Gasteiger partial charge in [-0.1, -0.05) is 32.4 Å². The van der Waals surface area contributed by atoms with Gasteiger partial charge in [0, 0.05) is 21.7 Å². The number of thioether (sulfide) groups is 1. The predicted octanol–water partition coefficient (Wildman–Crippen LogP) is 4.07. The van der Waals surface area contributed by atoms with E-state index in [0.29, 0.717) is 11.2 Å². The first kappa shape index (κ1) is 13.9. The topological polar surface area (TPSA) is 12.0 Å². The van der Waals surface area contributed by atoms with Crippen molar-refractivity contribution >= 4 is 23.4 Å². The van der Waals surface area contributed by atoms with Gasteiger partial charge >= 0.3 is 0 Å². The number of hydrogen-bond acceptors (Lipinski definition) is 2. The molecule has 0 bridgehead atoms. The van der Waals surface area contributed by atoms with Crippen LogP contribution < -0.4 is 5.32 Å². The molecule has 90 valence electrons. The van der Waals surface area contributed by atoms with Gasteiger partial charge in [-0.05, 0) is 36.7 Å². The molecule has 3 heteroatoms. The van der Waals surface area contributed by atoms with Crippen molar-refractivity contribution in [1.29, 1.82) is 0 Å². The predicted molar refractivity (Wildman–Crippen MR) is 74.5 cm³/mol. The summed E-state index contributed by atoms with van der Waals surface area (Å²) in [7, 11) is 0. The lowest BCUT2D eigenvalue weighted by molar-refractivity contribution is 0.554. The van der Waals surface area contributed by atoms with Crippen LogP contribution in [-0.2, 0) is 0 Å². The summed E-state index contributed by atoms with van der Waals surface area (Å²) >= 11 is 7.73. The van der Waals surface area contributed by atoms with Gasteiger partial charge in [-0.15, -0.1) is 11.8 Å². The van der Waals surface area contributed by atoms with Gasteiger partial charge in [-0.3, -0.25) is 0 Å². The number of benzene rings is 1. The average Bonchev–Trinajstić information content (AvgIpc) is 2.21. The van der Waals surface area contributed by atoms with Crippen molar-refractivity contribution < 1.29 is 0 Å². The Labute approximate surface area is 108 Å². The Morgan fingerprint density at radius 1 is 1.12 bits per heavy atom. The molecule has 0 saturated heterocycles. The normalized spacial score (nSPS) is 13.1. The summed E-state index contributed by atoms with van der Waals surface area (Å²) < 4.78 is 0. The monoisotopic (exact) mass is 257 g/mol. The van der Waals surface area contributed by atoms with Crippen molar-refractivity contribution in [1.82, 2.24) is 5.32 Å². The zero-order chi connectivity index (χ0) is 12.0. The van der Waals surface area contributed by atoms with E-state index < -0.39 is 0 Å². The molecule has 0 aliphatic carbocycles. The Morgan fingerprint density at radius 3 is 2.31 bits per heavy atom. The Kier molecular flexibility index (Phi) is 6.25. The quantitative estimate of drug-likeness (QED) is 0.772. The molecule has 0 radical (unpaired) electrons. The summed E-state index contributed by atoms with van der Waals surface area (Å²) in [6.45, 7) is 8.83. The van der Waals surface area contributed by atoms with Crippen molar-refractivity contribution in [3.63, 3.8) is 0 Å². The molecule has 1 aromatic carbocycles. The van der Waals surface area contributed by atoms with E-state index in [4.69, 9.17) is 11.6 Å². The van der Waals surface area contributed by atoms with Crippen LogP contribution in [0.3, 0.4) is 0 Å². The third-order valence-corrected chi connectivity index (χ3v) is 3.50. The second-order valence-corrected chi connectivity index (χ2v) is 6.38. The summed E-state index contributed by atoms with van der Waals surface area (Å²) in [5.74, 6) is 0.715. The standard InChI is InChI=1S/C13H20ClNS/c1-10(2)8-15-9-11(3)16-13-6-4-12(14)5-7-13/h4-7,10-11,15H,8-9H2,1-3H3. The summed E-state index contributed by atoms with van der Waals surface area (Å²) in [4.78, 5) is 1.28. The zero-order valence-electron chi connectivity index (χ0n) is 10.2. The second kappa shape index (κ2) is 7.21. The Bertz CT molecular complexity index is 297. The van der Waals surface area contributed by atoms with E-state index in [9.17, 15) is 0 Å². The summed E-state index contributed by atoms with van der Waals surface area (Å²) in [5.41, 5.74) is 0. The van der Waals surface area contributed by atoms with Crippen LogP contribution in [0.4, 0.5) is 0 Å². The molecule has 0 amide bonds. The van der Waals surface area contributed by atoms with Crippen molar-refractivity contribution in [2.75, 3.05) is 13.1 Å². The fourth-order valence-corrected chi connectivity index (χ4v) is 2.45. The lowest BCUT2D eigenvalue weighted by Gasteiger charge is -2.13. The van der Waals surface area contributed by atoms with Crippen LogP contribution in [0.2, 0.25) is 5.02 Å². The minimum atomic E-state index is 0.583. The van der Waals surface area contributed by atoms with Gasteiger partial charge in [0.05, 0.1) is 0 Å². The van der Waals surface area contributed by atoms with E-state index in [0.717, 1.165) is 18.1 Å². The van der Waals surface area contributed by atoms with Crippen LogP contribution in [0, 0.1) is 5.92 Å². The van der Waals surface area contributed by atoms with Crippen LogP contribution in [0.5, 0.6) is 0 Å². The summed E-state index contributed by atoms with van der Waals surface area (Å²) in [5, 5.41) is 4.85. The molecule has 0 heterocycles. The maximum absolute atomic E-state index is 5.85. The Morgan fingerprint density at radius 2 is 1.75 bits per heavy atom. The highest BCUT2D eigenvalue weighted by atomic mass is 35.5. The SMILES string of the molecule is CC(C)CNCC(C)Sc1ccc(Cl)cc1. The Balaban J connectivity index is 2.28. The van der Waals surface area contributed by atoms with Crippen LogP contribution in [0.1, 0.15) is 20.8 Å². The van der Waals surface area contributed by atoms with Gasteiger partial charge in [0.15, 0.2) is 0 Å². The molecule has 0 spiro atoms. The highest BCUT2D eigenvalue weighted by molar-refractivity contribution is 8.00. The van der Waals surface area contributed by atoms with Crippen LogP contribution >= 0.6 is 23.4 Å².